The fourth-order valence-corrected chi connectivity index (χ4v) is 1.83. The summed E-state index contributed by atoms with van der Waals surface area (Å²) in [6, 6.07) is 5.26. The molecule has 0 fully saturated rings. The Hall–Kier alpha value is -1.22. The average Bonchev–Trinajstić information content (AvgIpc) is 2.23. The summed E-state index contributed by atoms with van der Waals surface area (Å²) in [6.45, 7) is 11.5. The molecule has 0 radical (unpaired) electrons. The van der Waals surface area contributed by atoms with E-state index in [-0.39, 0.29) is 11.7 Å². The molecule has 0 aliphatic heterocycles. The number of rotatable bonds is 6. The van der Waals surface area contributed by atoms with Crippen LogP contribution in [0.1, 0.15) is 37.8 Å². The minimum atomic E-state index is -0.803. The zero-order chi connectivity index (χ0) is 14.6. The Balaban J connectivity index is 2.56. The first kappa shape index (κ1) is 15.8. The second-order valence-electron chi connectivity index (χ2n) is 5.20. The minimum absolute atomic E-state index is 0.0133. The number of halogens is 2. The summed E-state index contributed by atoms with van der Waals surface area (Å²) in [7, 11) is 0. The lowest BCUT2D eigenvalue weighted by Gasteiger charge is -2.22. The third-order valence-corrected chi connectivity index (χ3v) is 2.74. The molecule has 2 nitrogen and oxygen atoms in total. The monoisotopic (exact) mass is 285 g/mol. The second-order valence-corrected chi connectivity index (χ2v) is 6.11. The third kappa shape index (κ3) is 5.52. The smallest absolute Gasteiger partial charge is 0.181 e. The van der Waals surface area contributed by atoms with Crippen LogP contribution in [0.4, 0.5) is 4.39 Å². The van der Waals surface area contributed by atoms with Crippen molar-refractivity contribution in [3.8, 4) is 0 Å². The SMILES string of the molecule is C=C(NCC(C)c1ccc(C)cc1F)OC(C)(C)Cl. The van der Waals surface area contributed by atoms with Crippen molar-refractivity contribution in [2.45, 2.75) is 38.7 Å². The highest BCUT2D eigenvalue weighted by atomic mass is 35.5. The van der Waals surface area contributed by atoms with Crippen molar-refractivity contribution in [3.05, 3.63) is 47.6 Å². The van der Waals surface area contributed by atoms with Crippen molar-refractivity contribution in [3.63, 3.8) is 0 Å². The first-order chi connectivity index (χ1) is 8.69. The van der Waals surface area contributed by atoms with Gasteiger partial charge in [0.05, 0.1) is 0 Å². The van der Waals surface area contributed by atoms with Gasteiger partial charge < -0.3 is 10.1 Å². The highest BCUT2D eigenvalue weighted by Gasteiger charge is 2.16. The van der Waals surface area contributed by atoms with Crippen LogP contribution in [-0.4, -0.2) is 11.6 Å². The maximum absolute atomic E-state index is 13.8. The zero-order valence-electron chi connectivity index (χ0n) is 11.9. The van der Waals surface area contributed by atoms with Gasteiger partial charge in [0.25, 0.3) is 0 Å². The Bertz CT molecular complexity index is 454. The average molecular weight is 286 g/mol. The molecule has 1 rings (SSSR count). The first-order valence-corrected chi connectivity index (χ1v) is 6.63. The summed E-state index contributed by atoms with van der Waals surface area (Å²) in [5.41, 5.74) is 1.59. The molecule has 0 heterocycles. The molecule has 1 aromatic carbocycles. The van der Waals surface area contributed by atoms with Crippen LogP contribution in [0.2, 0.25) is 0 Å². The Labute approximate surface area is 119 Å². The van der Waals surface area contributed by atoms with Crippen molar-refractivity contribution < 1.29 is 9.13 Å². The fourth-order valence-electron chi connectivity index (χ4n) is 1.74. The summed E-state index contributed by atoms with van der Waals surface area (Å²) in [5, 5.41) is 2.21. The van der Waals surface area contributed by atoms with E-state index in [1.807, 2.05) is 26.0 Å². The minimum Gasteiger partial charge on any atom is -0.458 e. The summed E-state index contributed by atoms with van der Waals surface area (Å²) in [4.78, 5) is 0. The predicted octanol–water partition coefficient (Wildman–Crippen LogP) is 4.29. The van der Waals surface area contributed by atoms with Crippen molar-refractivity contribution >= 4 is 11.6 Å². The van der Waals surface area contributed by atoms with Gasteiger partial charge in [-0.15, -0.1) is 0 Å². The van der Waals surface area contributed by atoms with Gasteiger partial charge in [0.15, 0.2) is 10.9 Å². The molecule has 0 bridgehead atoms. The Morgan fingerprint density at radius 2 is 2.16 bits per heavy atom. The Morgan fingerprint density at radius 3 is 2.68 bits per heavy atom. The molecule has 0 spiro atoms. The quantitative estimate of drug-likeness (QED) is 0.622. The standard InChI is InChI=1S/C15H21ClFNO/c1-10-6-7-13(14(17)8-10)11(2)9-18-12(3)19-15(4,5)16/h6-8,11,18H,3,9H2,1-2,4-5H3. The first-order valence-electron chi connectivity index (χ1n) is 6.26. The molecule has 0 aliphatic rings. The summed E-state index contributed by atoms with van der Waals surface area (Å²) in [6.07, 6.45) is 0. The van der Waals surface area contributed by atoms with Crippen LogP contribution >= 0.6 is 11.6 Å². The lowest BCUT2D eigenvalue weighted by Crippen LogP contribution is -2.26. The van der Waals surface area contributed by atoms with E-state index in [4.69, 9.17) is 16.3 Å². The predicted molar refractivity (Wildman–Crippen MR) is 77.7 cm³/mol. The van der Waals surface area contributed by atoms with Gasteiger partial charge in [-0.3, -0.25) is 0 Å². The largest absolute Gasteiger partial charge is 0.458 e. The second kappa shape index (κ2) is 6.29. The van der Waals surface area contributed by atoms with Gasteiger partial charge in [-0.2, -0.15) is 0 Å². The van der Waals surface area contributed by atoms with Crippen LogP contribution in [0.15, 0.2) is 30.7 Å². The van der Waals surface area contributed by atoms with Crippen LogP contribution in [0.3, 0.4) is 0 Å². The molecule has 1 unspecified atom stereocenters. The molecular weight excluding hydrogens is 265 g/mol. The zero-order valence-corrected chi connectivity index (χ0v) is 12.6. The van der Waals surface area contributed by atoms with Gasteiger partial charge in [0.2, 0.25) is 0 Å². The van der Waals surface area contributed by atoms with Crippen LogP contribution in [0.25, 0.3) is 0 Å². The lowest BCUT2D eigenvalue weighted by atomic mass is 9.99. The van der Waals surface area contributed by atoms with Gasteiger partial charge in [-0.05, 0) is 44.5 Å². The molecule has 0 aliphatic carbocycles. The van der Waals surface area contributed by atoms with E-state index in [1.165, 1.54) is 0 Å². The third-order valence-electron chi connectivity index (χ3n) is 2.66. The number of nitrogens with one attached hydrogen (secondary N) is 1. The molecule has 1 aromatic rings. The van der Waals surface area contributed by atoms with Crippen LogP contribution in [0, 0.1) is 12.7 Å². The fraction of sp³-hybridized carbons (Fsp3) is 0.467. The van der Waals surface area contributed by atoms with E-state index in [9.17, 15) is 4.39 Å². The van der Waals surface area contributed by atoms with Crippen LogP contribution in [0.5, 0.6) is 0 Å². The summed E-state index contributed by atoms with van der Waals surface area (Å²) in [5.74, 6) is 0.220. The maximum atomic E-state index is 13.8. The molecule has 4 heteroatoms. The van der Waals surface area contributed by atoms with Gasteiger partial charge >= 0.3 is 0 Å². The van der Waals surface area contributed by atoms with Gasteiger partial charge in [0.1, 0.15) is 5.82 Å². The van der Waals surface area contributed by atoms with Crippen molar-refractivity contribution in [1.29, 1.82) is 0 Å². The maximum Gasteiger partial charge on any atom is 0.181 e. The highest BCUT2D eigenvalue weighted by molar-refractivity contribution is 6.22. The van der Waals surface area contributed by atoms with E-state index in [0.29, 0.717) is 18.0 Å². The molecule has 106 valence electrons. The Kier molecular flexibility index (Phi) is 5.24. The van der Waals surface area contributed by atoms with Crippen LogP contribution in [-0.2, 0) is 4.74 Å². The number of hydrogen-bond acceptors (Lipinski definition) is 2. The van der Waals surface area contributed by atoms with E-state index in [0.717, 1.165) is 5.56 Å². The van der Waals surface area contributed by atoms with Crippen molar-refractivity contribution in [1.82, 2.24) is 5.32 Å². The number of ether oxygens (including phenoxy) is 1. The number of benzene rings is 1. The van der Waals surface area contributed by atoms with E-state index in [2.05, 4.69) is 11.9 Å². The molecule has 0 saturated carbocycles. The lowest BCUT2D eigenvalue weighted by molar-refractivity contribution is 0.0957. The topological polar surface area (TPSA) is 21.3 Å². The summed E-state index contributed by atoms with van der Waals surface area (Å²) < 4.78 is 19.1. The molecule has 19 heavy (non-hydrogen) atoms. The van der Waals surface area contributed by atoms with Crippen molar-refractivity contribution in [2.24, 2.45) is 0 Å². The van der Waals surface area contributed by atoms with E-state index >= 15 is 0 Å². The Morgan fingerprint density at radius 1 is 1.53 bits per heavy atom. The molecule has 1 N–H and O–H groups in total. The number of aryl methyl sites for hydroxylation is 1. The van der Waals surface area contributed by atoms with Gasteiger partial charge in [-0.1, -0.05) is 30.7 Å². The normalized spacial score (nSPS) is 12.9. The number of hydrogen-bond donors (Lipinski definition) is 1. The van der Waals surface area contributed by atoms with Gasteiger partial charge in [-0.25, -0.2) is 4.39 Å². The molecule has 0 saturated heterocycles. The number of alkyl halides is 1. The van der Waals surface area contributed by atoms with E-state index in [1.54, 1.807) is 19.9 Å². The van der Waals surface area contributed by atoms with Gasteiger partial charge in [0, 0.05) is 12.5 Å². The summed E-state index contributed by atoms with van der Waals surface area (Å²) >= 11 is 5.92. The molecule has 0 amide bonds. The van der Waals surface area contributed by atoms with E-state index < -0.39 is 5.06 Å². The molecule has 0 aromatic heterocycles. The highest BCUT2D eigenvalue weighted by Crippen LogP contribution is 2.21. The van der Waals surface area contributed by atoms with Crippen LogP contribution < -0.4 is 5.32 Å². The molecular formula is C15H21ClFNO. The van der Waals surface area contributed by atoms with Crippen molar-refractivity contribution in [2.75, 3.05) is 6.54 Å². The molecule has 1 atom stereocenters.